The maximum atomic E-state index is 11.2. The summed E-state index contributed by atoms with van der Waals surface area (Å²) in [6.45, 7) is 8.42. The number of likely N-dealkylation sites (N-methyl/N-ethyl adjacent to an activating group) is 1. The number of hydrogen-bond donors (Lipinski definition) is 0. The van der Waals surface area contributed by atoms with E-state index in [0.29, 0.717) is 6.42 Å². The maximum absolute atomic E-state index is 11.2. The smallest absolute Gasteiger partial charge is 0.305 e. The lowest BCUT2D eigenvalue weighted by Crippen LogP contribution is -2.50. The predicted molar refractivity (Wildman–Crippen MR) is 80.7 cm³/mol. The van der Waals surface area contributed by atoms with Crippen LogP contribution >= 0.6 is 0 Å². The van der Waals surface area contributed by atoms with Crippen LogP contribution in [0.25, 0.3) is 0 Å². The van der Waals surface area contributed by atoms with E-state index in [1.807, 2.05) is 0 Å². The molecule has 4 nitrogen and oxygen atoms in total. The number of piperidine rings is 2. The Balaban J connectivity index is 1.69. The molecule has 4 heteroatoms. The van der Waals surface area contributed by atoms with Crippen molar-refractivity contribution in [2.75, 3.05) is 39.8 Å². The van der Waals surface area contributed by atoms with Gasteiger partial charge in [0.15, 0.2) is 0 Å². The molecule has 0 amide bonds. The summed E-state index contributed by atoms with van der Waals surface area (Å²) in [7, 11) is 1.48. The van der Waals surface area contributed by atoms with Gasteiger partial charge in [-0.1, -0.05) is 6.92 Å². The number of ether oxygens (including phenoxy) is 1. The SMILES string of the molecule is CCN1CCC[C@H](N2CCC(CCC(=O)OC)CC2)C1. The molecule has 0 bridgehead atoms. The third-order valence-electron chi connectivity index (χ3n) is 5.08. The third-order valence-corrected chi connectivity index (χ3v) is 5.08. The average molecular weight is 282 g/mol. The zero-order chi connectivity index (χ0) is 14.4. The van der Waals surface area contributed by atoms with Gasteiger partial charge in [-0.2, -0.15) is 0 Å². The first-order chi connectivity index (χ1) is 9.72. The molecule has 0 aromatic carbocycles. The Labute approximate surface area is 123 Å². The van der Waals surface area contributed by atoms with Crippen molar-refractivity contribution in [2.24, 2.45) is 5.92 Å². The second kappa shape index (κ2) is 7.99. The summed E-state index contributed by atoms with van der Waals surface area (Å²) in [4.78, 5) is 16.5. The third kappa shape index (κ3) is 4.45. The highest BCUT2D eigenvalue weighted by molar-refractivity contribution is 5.69. The number of likely N-dealkylation sites (tertiary alicyclic amines) is 2. The fraction of sp³-hybridized carbons (Fsp3) is 0.938. The number of rotatable bonds is 5. The number of methoxy groups -OCH3 is 1. The molecule has 0 unspecified atom stereocenters. The van der Waals surface area contributed by atoms with Crippen LogP contribution < -0.4 is 0 Å². The number of esters is 1. The number of hydrogen-bond acceptors (Lipinski definition) is 4. The van der Waals surface area contributed by atoms with Gasteiger partial charge in [-0.15, -0.1) is 0 Å². The Morgan fingerprint density at radius 1 is 1.20 bits per heavy atom. The van der Waals surface area contributed by atoms with Crippen molar-refractivity contribution in [3.63, 3.8) is 0 Å². The molecule has 0 aromatic heterocycles. The van der Waals surface area contributed by atoms with Crippen LogP contribution in [0.1, 0.15) is 45.4 Å². The van der Waals surface area contributed by atoms with Crippen molar-refractivity contribution in [1.29, 1.82) is 0 Å². The fourth-order valence-corrected chi connectivity index (χ4v) is 3.65. The van der Waals surface area contributed by atoms with Gasteiger partial charge >= 0.3 is 5.97 Å². The molecule has 0 N–H and O–H groups in total. The molecule has 1 atom stereocenters. The summed E-state index contributed by atoms with van der Waals surface area (Å²) in [5.74, 6) is 0.662. The first-order valence-corrected chi connectivity index (χ1v) is 8.26. The van der Waals surface area contributed by atoms with Gasteiger partial charge in [-0.25, -0.2) is 0 Å². The molecule has 0 saturated carbocycles. The first-order valence-electron chi connectivity index (χ1n) is 8.26. The normalized spacial score (nSPS) is 26.6. The molecule has 0 radical (unpaired) electrons. The molecule has 0 spiro atoms. The van der Waals surface area contributed by atoms with Crippen LogP contribution in [0, 0.1) is 5.92 Å². The molecule has 2 fully saturated rings. The second-order valence-electron chi connectivity index (χ2n) is 6.28. The molecule has 0 aromatic rings. The second-order valence-corrected chi connectivity index (χ2v) is 6.28. The summed E-state index contributed by atoms with van der Waals surface area (Å²) in [6.07, 6.45) is 6.81. The van der Waals surface area contributed by atoms with Gasteiger partial charge in [0, 0.05) is 19.0 Å². The van der Waals surface area contributed by atoms with E-state index in [1.165, 1.54) is 65.5 Å². The summed E-state index contributed by atoms with van der Waals surface area (Å²) < 4.78 is 4.73. The molecule has 2 aliphatic heterocycles. The predicted octanol–water partition coefficient (Wildman–Crippen LogP) is 2.14. The van der Waals surface area contributed by atoms with Crippen molar-refractivity contribution in [1.82, 2.24) is 9.80 Å². The Bertz CT molecular complexity index is 301. The monoisotopic (exact) mass is 282 g/mol. The van der Waals surface area contributed by atoms with E-state index in [1.54, 1.807) is 0 Å². The van der Waals surface area contributed by atoms with E-state index in [-0.39, 0.29) is 5.97 Å². The van der Waals surface area contributed by atoms with Crippen molar-refractivity contribution in [2.45, 2.75) is 51.5 Å². The number of nitrogens with zero attached hydrogens (tertiary/aromatic N) is 2. The minimum atomic E-state index is -0.0571. The molecule has 2 rings (SSSR count). The zero-order valence-corrected chi connectivity index (χ0v) is 13.1. The van der Waals surface area contributed by atoms with Crippen LogP contribution in [0.5, 0.6) is 0 Å². The van der Waals surface area contributed by atoms with E-state index < -0.39 is 0 Å². The highest BCUT2D eigenvalue weighted by atomic mass is 16.5. The number of carbonyl (C=O) groups is 1. The topological polar surface area (TPSA) is 32.8 Å². The Morgan fingerprint density at radius 2 is 1.95 bits per heavy atom. The average Bonchev–Trinajstić information content (AvgIpc) is 2.53. The Hall–Kier alpha value is -0.610. The molecular formula is C16H30N2O2. The summed E-state index contributed by atoms with van der Waals surface area (Å²) in [5.41, 5.74) is 0. The summed E-state index contributed by atoms with van der Waals surface area (Å²) in [6, 6.07) is 0.769. The standard InChI is InChI=1S/C16H30N2O2/c1-3-17-10-4-5-15(13-17)18-11-8-14(9-12-18)6-7-16(19)20-2/h14-15H,3-13H2,1-2H3/t15-/m0/s1. The van der Waals surface area contributed by atoms with Crippen molar-refractivity contribution in [3.05, 3.63) is 0 Å². The van der Waals surface area contributed by atoms with E-state index in [2.05, 4.69) is 16.7 Å². The summed E-state index contributed by atoms with van der Waals surface area (Å²) >= 11 is 0. The maximum Gasteiger partial charge on any atom is 0.305 e. The Morgan fingerprint density at radius 3 is 2.60 bits per heavy atom. The van der Waals surface area contributed by atoms with Crippen LogP contribution in [-0.2, 0) is 9.53 Å². The highest BCUT2D eigenvalue weighted by Gasteiger charge is 2.28. The largest absolute Gasteiger partial charge is 0.469 e. The fourth-order valence-electron chi connectivity index (χ4n) is 3.65. The minimum absolute atomic E-state index is 0.0571. The summed E-state index contributed by atoms with van der Waals surface area (Å²) in [5, 5.41) is 0. The Kier molecular flexibility index (Phi) is 6.30. The molecule has 2 saturated heterocycles. The molecule has 20 heavy (non-hydrogen) atoms. The minimum Gasteiger partial charge on any atom is -0.469 e. The first kappa shape index (κ1) is 15.8. The van der Waals surface area contributed by atoms with E-state index >= 15 is 0 Å². The highest BCUT2D eigenvalue weighted by Crippen LogP contribution is 2.26. The lowest BCUT2D eigenvalue weighted by atomic mass is 9.90. The molecular weight excluding hydrogens is 252 g/mol. The van der Waals surface area contributed by atoms with Crippen LogP contribution in [0.2, 0.25) is 0 Å². The molecule has 116 valence electrons. The van der Waals surface area contributed by atoms with Crippen LogP contribution in [0.4, 0.5) is 0 Å². The van der Waals surface area contributed by atoms with Gasteiger partial charge in [0.05, 0.1) is 7.11 Å². The van der Waals surface area contributed by atoms with Gasteiger partial charge < -0.3 is 9.64 Å². The van der Waals surface area contributed by atoms with Crippen LogP contribution in [0.3, 0.4) is 0 Å². The van der Waals surface area contributed by atoms with E-state index in [0.717, 1.165) is 18.4 Å². The van der Waals surface area contributed by atoms with E-state index in [9.17, 15) is 4.79 Å². The lowest BCUT2D eigenvalue weighted by molar-refractivity contribution is -0.141. The molecule has 2 heterocycles. The van der Waals surface area contributed by atoms with Crippen LogP contribution in [0.15, 0.2) is 0 Å². The quantitative estimate of drug-likeness (QED) is 0.723. The van der Waals surface area contributed by atoms with Crippen molar-refractivity contribution in [3.8, 4) is 0 Å². The zero-order valence-electron chi connectivity index (χ0n) is 13.1. The van der Waals surface area contributed by atoms with Gasteiger partial charge in [0.1, 0.15) is 0 Å². The van der Waals surface area contributed by atoms with Gasteiger partial charge in [0.25, 0.3) is 0 Å². The van der Waals surface area contributed by atoms with Gasteiger partial charge in [0.2, 0.25) is 0 Å². The van der Waals surface area contributed by atoms with E-state index in [4.69, 9.17) is 4.74 Å². The van der Waals surface area contributed by atoms with Crippen molar-refractivity contribution >= 4 is 5.97 Å². The van der Waals surface area contributed by atoms with Gasteiger partial charge in [-0.3, -0.25) is 9.69 Å². The lowest BCUT2D eigenvalue weighted by Gasteiger charge is -2.42. The van der Waals surface area contributed by atoms with Crippen LogP contribution in [-0.4, -0.2) is 61.6 Å². The van der Waals surface area contributed by atoms with Gasteiger partial charge in [-0.05, 0) is 64.2 Å². The molecule has 2 aliphatic rings. The van der Waals surface area contributed by atoms with Crippen molar-refractivity contribution < 1.29 is 9.53 Å². The number of carbonyl (C=O) groups excluding carboxylic acids is 1. The molecule has 0 aliphatic carbocycles.